The molecule has 1 N–H and O–H groups in total. The second-order valence-electron chi connectivity index (χ2n) is 6.38. The lowest BCUT2D eigenvalue weighted by atomic mass is 9.91. The largest absolute Gasteiger partial charge is 0.324 e. The van der Waals surface area contributed by atoms with E-state index in [9.17, 15) is 9.18 Å². The van der Waals surface area contributed by atoms with Crippen molar-refractivity contribution in [1.82, 2.24) is 25.1 Å². The summed E-state index contributed by atoms with van der Waals surface area (Å²) in [5.41, 5.74) is 2.88. The van der Waals surface area contributed by atoms with Crippen LogP contribution in [0.4, 0.5) is 15.1 Å². The Bertz CT molecular complexity index is 815. The first-order chi connectivity index (χ1) is 11.9. The van der Waals surface area contributed by atoms with Gasteiger partial charge in [-0.2, -0.15) is 0 Å². The summed E-state index contributed by atoms with van der Waals surface area (Å²) in [5.74, 6) is 0.350. The van der Waals surface area contributed by atoms with Crippen LogP contribution in [0, 0.1) is 18.7 Å². The van der Waals surface area contributed by atoms with Gasteiger partial charge >= 0.3 is 6.03 Å². The van der Waals surface area contributed by atoms with Crippen molar-refractivity contribution in [2.45, 2.75) is 20.3 Å². The first kappa shape index (κ1) is 17.1. The topological polar surface area (TPSA) is 75.9 Å². The molecule has 0 bridgehead atoms. The first-order valence-electron chi connectivity index (χ1n) is 8.19. The Balaban J connectivity index is 1.65. The van der Waals surface area contributed by atoms with Crippen molar-refractivity contribution in [3.63, 3.8) is 0 Å². The molecule has 1 aromatic heterocycles. The van der Waals surface area contributed by atoms with E-state index in [1.54, 1.807) is 24.9 Å². The number of aromatic nitrogens is 4. The molecule has 8 heteroatoms. The number of piperidine rings is 1. The number of carbonyl (C=O) groups is 1. The average molecular weight is 344 g/mol. The molecule has 3 rings (SSSR count). The molecule has 1 fully saturated rings. The van der Waals surface area contributed by atoms with Gasteiger partial charge in [-0.05, 0) is 52.9 Å². The number of benzene rings is 1. The standard InChI is InChI=1S/C17H21FN6O/c1-11-8-13(4-5-15(11)18)9-14-6-7-24(10-12(14)2)17(25)19-16-20-21-22-23(16)3/h4-5,8-9,12H,6-7,10H2,1-3H3,(H,19,20,22,25). The van der Waals surface area contributed by atoms with E-state index in [1.165, 1.54) is 16.3 Å². The van der Waals surface area contributed by atoms with E-state index in [2.05, 4.69) is 33.8 Å². The normalized spacial score (nSPS) is 19.3. The first-order valence-corrected chi connectivity index (χ1v) is 8.19. The molecular formula is C17H21FN6O. The molecule has 1 saturated heterocycles. The van der Waals surface area contributed by atoms with Gasteiger partial charge in [0.2, 0.25) is 0 Å². The Hall–Kier alpha value is -2.77. The second kappa shape index (κ2) is 7.00. The minimum atomic E-state index is -0.207. The van der Waals surface area contributed by atoms with Crippen LogP contribution in [0.2, 0.25) is 0 Å². The molecule has 0 radical (unpaired) electrons. The molecule has 1 aliphatic rings. The Morgan fingerprint density at radius 2 is 2.24 bits per heavy atom. The molecule has 2 aromatic rings. The Morgan fingerprint density at radius 3 is 2.88 bits per heavy atom. The number of halogens is 1. The van der Waals surface area contributed by atoms with Crippen molar-refractivity contribution < 1.29 is 9.18 Å². The maximum Gasteiger partial charge on any atom is 0.324 e. The van der Waals surface area contributed by atoms with Crippen LogP contribution in [-0.2, 0) is 7.05 Å². The monoisotopic (exact) mass is 344 g/mol. The molecule has 1 atom stereocenters. The number of carbonyl (C=O) groups excluding carboxylic acids is 1. The third-order valence-electron chi connectivity index (χ3n) is 4.46. The maximum atomic E-state index is 13.4. The minimum absolute atomic E-state index is 0.194. The number of hydrogen-bond donors (Lipinski definition) is 1. The summed E-state index contributed by atoms with van der Waals surface area (Å²) in [4.78, 5) is 14.1. The smallest absolute Gasteiger partial charge is 0.324 e. The van der Waals surface area contributed by atoms with E-state index in [-0.39, 0.29) is 17.8 Å². The molecule has 1 unspecified atom stereocenters. The lowest BCUT2D eigenvalue weighted by molar-refractivity contribution is 0.197. The highest BCUT2D eigenvalue weighted by atomic mass is 19.1. The average Bonchev–Trinajstić information content (AvgIpc) is 2.97. The van der Waals surface area contributed by atoms with Gasteiger partial charge in [0.25, 0.3) is 5.95 Å². The van der Waals surface area contributed by atoms with Crippen molar-refractivity contribution in [1.29, 1.82) is 0 Å². The van der Waals surface area contributed by atoms with E-state index in [4.69, 9.17) is 0 Å². The zero-order valence-electron chi connectivity index (χ0n) is 14.5. The molecule has 1 aliphatic heterocycles. The number of nitrogens with zero attached hydrogens (tertiary/aromatic N) is 5. The van der Waals surface area contributed by atoms with E-state index < -0.39 is 0 Å². The fraction of sp³-hybridized carbons (Fsp3) is 0.412. The Labute approximate surface area is 145 Å². The van der Waals surface area contributed by atoms with Gasteiger partial charge in [0.05, 0.1) is 0 Å². The molecule has 2 amide bonds. The molecular weight excluding hydrogens is 323 g/mol. The Kier molecular flexibility index (Phi) is 4.78. The fourth-order valence-corrected chi connectivity index (χ4v) is 2.93. The van der Waals surface area contributed by atoms with Crippen molar-refractivity contribution >= 4 is 18.1 Å². The molecule has 132 valence electrons. The molecule has 1 aromatic carbocycles. The molecule has 0 saturated carbocycles. The summed E-state index contributed by atoms with van der Waals surface area (Å²) < 4.78 is 14.8. The third-order valence-corrected chi connectivity index (χ3v) is 4.46. The second-order valence-corrected chi connectivity index (χ2v) is 6.38. The molecule has 0 aliphatic carbocycles. The molecule has 25 heavy (non-hydrogen) atoms. The fourth-order valence-electron chi connectivity index (χ4n) is 2.93. The highest BCUT2D eigenvalue weighted by Gasteiger charge is 2.25. The quantitative estimate of drug-likeness (QED) is 0.909. The van der Waals surface area contributed by atoms with Crippen molar-refractivity contribution in [3.05, 3.63) is 40.7 Å². The predicted octanol–water partition coefficient (Wildman–Crippen LogP) is 2.61. The van der Waals surface area contributed by atoms with Crippen LogP contribution < -0.4 is 5.32 Å². The molecule has 0 spiro atoms. The van der Waals surface area contributed by atoms with E-state index in [0.717, 1.165) is 12.0 Å². The van der Waals surface area contributed by atoms with Gasteiger partial charge in [-0.3, -0.25) is 5.32 Å². The molecule has 7 nitrogen and oxygen atoms in total. The number of likely N-dealkylation sites (tertiary alicyclic amines) is 1. The van der Waals surface area contributed by atoms with Gasteiger partial charge in [-0.15, -0.1) is 0 Å². The summed E-state index contributed by atoms with van der Waals surface area (Å²) in [7, 11) is 1.67. The summed E-state index contributed by atoms with van der Waals surface area (Å²) in [6.45, 7) is 5.08. The number of urea groups is 1. The lowest BCUT2D eigenvalue weighted by Gasteiger charge is -2.33. The van der Waals surface area contributed by atoms with Gasteiger partial charge in [0, 0.05) is 20.1 Å². The van der Waals surface area contributed by atoms with Gasteiger partial charge in [0.1, 0.15) is 5.82 Å². The third kappa shape index (κ3) is 3.84. The predicted molar refractivity (Wildman–Crippen MR) is 92.3 cm³/mol. The number of tetrazole rings is 1. The zero-order chi connectivity index (χ0) is 18.0. The van der Waals surface area contributed by atoms with Crippen molar-refractivity contribution in [2.24, 2.45) is 13.0 Å². The van der Waals surface area contributed by atoms with E-state index in [1.807, 2.05) is 6.07 Å². The van der Waals surface area contributed by atoms with Gasteiger partial charge in [-0.1, -0.05) is 29.7 Å². The van der Waals surface area contributed by atoms with E-state index in [0.29, 0.717) is 24.6 Å². The van der Waals surface area contributed by atoms with Crippen molar-refractivity contribution in [2.75, 3.05) is 18.4 Å². The number of amides is 2. The van der Waals surface area contributed by atoms with Gasteiger partial charge < -0.3 is 4.90 Å². The van der Waals surface area contributed by atoms with Crippen molar-refractivity contribution in [3.8, 4) is 0 Å². The maximum absolute atomic E-state index is 13.4. The van der Waals surface area contributed by atoms with Crippen LogP contribution in [0.1, 0.15) is 24.5 Å². The van der Waals surface area contributed by atoms with Gasteiger partial charge in [-0.25, -0.2) is 13.9 Å². The van der Waals surface area contributed by atoms with Crippen LogP contribution in [0.15, 0.2) is 23.8 Å². The number of hydrogen-bond acceptors (Lipinski definition) is 4. The number of nitrogens with one attached hydrogen (secondary N) is 1. The number of aryl methyl sites for hydroxylation is 2. The highest BCUT2D eigenvalue weighted by Crippen LogP contribution is 2.25. The highest BCUT2D eigenvalue weighted by molar-refractivity contribution is 5.87. The summed E-state index contributed by atoms with van der Waals surface area (Å²) >= 11 is 0. The van der Waals surface area contributed by atoms with Crippen LogP contribution >= 0.6 is 0 Å². The minimum Gasteiger partial charge on any atom is -0.324 e. The zero-order valence-corrected chi connectivity index (χ0v) is 14.5. The van der Waals surface area contributed by atoms with Gasteiger partial charge in [0.15, 0.2) is 0 Å². The van der Waals surface area contributed by atoms with E-state index >= 15 is 0 Å². The van der Waals surface area contributed by atoms with Crippen LogP contribution in [0.25, 0.3) is 6.08 Å². The van der Waals surface area contributed by atoms with Crippen LogP contribution in [-0.4, -0.2) is 44.2 Å². The number of rotatable bonds is 2. The summed E-state index contributed by atoms with van der Waals surface area (Å²) in [6.07, 6.45) is 2.88. The lowest BCUT2D eigenvalue weighted by Crippen LogP contribution is -2.42. The molecule has 2 heterocycles. The SMILES string of the molecule is Cc1cc(C=C2CCN(C(=O)Nc3nnnn3C)CC2C)ccc1F. The van der Waals surface area contributed by atoms with Crippen LogP contribution in [0.5, 0.6) is 0 Å². The summed E-state index contributed by atoms with van der Waals surface area (Å²) in [6, 6.07) is 4.91. The Morgan fingerprint density at radius 1 is 1.44 bits per heavy atom. The van der Waals surface area contributed by atoms with Crippen LogP contribution in [0.3, 0.4) is 0 Å². The summed E-state index contributed by atoms with van der Waals surface area (Å²) in [5, 5.41) is 13.7. The number of anilines is 1.